The molecule has 2 aromatic rings. The van der Waals surface area contributed by atoms with Gasteiger partial charge in [-0.15, -0.1) is 0 Å². The van der Waals surface area contributed by atoms with Crippen molar-refractivity contribution >= 4 is 34.8 Å². The summed E-state index contributed by atoms with van der Waals surface area (Å²) >= 11 is 12.3. The van der Waals surface area contributed by atoms with Crippen molar-refractivity contribution in [3.8, 4) is 0 Å². The van der Waals surface area contributed by atoms with Gasteiger partial charge < -0.3 is 9.80 Å². The summed E-state index contributed by atoms with van der Waals surface area (Å²) in [5.41, 5.74) is 1.25. The van der Waals surface area contributed by atoms with Gasteiger partial charge in [-0.25, -0.2) is 4.39 Å². The van der Waals surface area contributed by atoms with Gasteiger partial charge in [-0.05, 0) is 30.3 Å². The molecule has 0 radical (unpaired) electrons. The fraction of sp³-hybridized carbons (Fsp3) is 0.235. The maximum Gasteiger partial charge on any atom is 0.254 e. The van der Waals surface area contributed by atoms with E-state index >= 15 is 0 Å². The molecule has 2 aromatic carbocycles. The van der Waals surface area contributed by atoms with Crippen LogP contribution < -0.4 is 4.90 Å². The zero-order valence-corrected chi connectivity index (χ0v) is 13.8. The molecule has 1 aliphatic heterocycles. The maximum absolute atomic E-state index is 13.3. The summed E-state index contributed by atoms with van der Waals surface area (Å²) in [7, 11) is 0. The molecule has 0 saturated carbocycles. The van der Waals surface area contributed by atoms with E-state index in [9.17, 15) is 9.18 Å². The predicted molar refractivity (Wildman–Crippen MR) is 91.0 cm³/mol. The zero-order chi connectivity index (χ0) is 16.4. The number of nitrogens with zero attached hydrogens (tertiary/aromatic N) is 2. The van der Waals surface area contributed by atoms with Crippen LogP contribution in [0, 0.1) is 5.82 Å². The second kappa shape index (κ2) is 6.77. The second-order valence-corrected chi connectivity index (χ2v) is 6.15. The van der Waals surface area contributed by atoms with Crippen molar-refractivity contribution in [1.29, 1.82) is 0 Å². The van der Waals surface area contributed by atoms with Gasteiger partial charge in [0.2, 0.25) is 0 Å². The van der Waals surface area contributed by atoms with Crippen molar-refractivity contribution < 1.29 is 9.18 Å². The Labute approximate surface area is 144 Å². The Balaban J connectivity index is 1.69. The largest absolute Gasteiger partial charge is 0.367 e. The molecule has 3 nitrogen and oxygen atoms in total. The third-order valence-electron chi connectivity index (χ3n) is 3.91. The molecule has 0 spiro atoms. The Bertz CT molecular complexity index is 730. The van der Waals surface area contributed by atoms with Crippen LogP contribution in [0.25, 0.3) is 0 Å². The van der Waals surface area contributed by atoms with Crippen molar-refractivity contribution in [2.24, 2.45) is 0 Å². The molecular formula is C17H15Cl2FN2O. The van der Waals surface area contributed by atoms with Crippen LogP contribution in [0.3, 0.4) is 0 Å². The monoisotopic (exact) mass is 352 g/mol. The average molecular weight is 353 g/mol. The summed E-state index contributed by atoms with van der Waals surface area (Å²) in [5.74, 6) is -0.554. The van der Waals surface area contributed by atoms with E-state index in [1.54, 1.807) is 23.1 Å². The maximum atomic E-state index is 13.3. The molecule has 0 N–H and O–H groups in total. The van der Waals surface area contributed by atoms with Crippen molar-refractivity contribution in [3.63, 3.8) is 0 Å². The van der Waals surface area contributed by atoms with Gasteiger partial charge in [0.15, 0.2) is 0 Å². The van der Waals surface area contributed by atoms with Crippen LogP contribution in [0.15, 0.2) is 42.5 Å². The average Bonchev–Trinajstić information content (AvgIpc) is 2.57. The molecule has 3 rings (SSSR count). The lowest BCUT2D eigenvalue weighted by Gasteiger charge is -2.36. The van der Waals surface area contributed by atoms with Gasteiger partial charge in [0.1, 0.15) is 5.82 Å². The molecule has 120 valence electrons. The summed E-state index contributed by atoms with van der Waals surface area (Å²) in [4.78, 5) is 16.2. The molecule has 0 aliphatic carbocycles. The lowest BCUT2D eigenvalue weighted by atomic mass is 10.1. The molecule has 1 aliphatic rings. The molecule has 23 heavy (non-hydrogen) atoms. The highest BCUT2D eigenvalue weighted by molar-refractivity contribution is 6.43. The highest BCUT2D eigenvalue weighted by Gasteiger charge is 2.23. The van der Waals surface area contributed by atoms with Crippen LogP contribution in [-0.2, 0) is 0 Å². The van der Waals surface area contributed by atoms with Crippen LogP contribution in [-0.4, -0.2) is 37.0 Å². The Morgan fingerprint density at radius 1 is 1.00 bits per heavy atom. The molecule has 1 heterocycles. The van der Waals surface area contributed by atoms with Gasteiger partial charge in [-0.3, -0.25) is 4.79 Å². The lowest BCUT2D eigenvalue weighted by Crippen LogP contribution is -2.48. The number of piperazine rings is 1. The Morgan fingerprint density at radius 3 is 2.39 bits per heavy atom. The fourth-order valence-corrected chi connectivity index (χ4v) is 3.11. The van der Waals surface area contributed by atoms with E-state index in [-0.39, 0.29) is 5.91 Å². The minimum Gasteiger partial charge on any atom is -0.367 e. The van der Waals surface area contributed by atoms with Gasteiger partial charge in [0, 0.05) is 31.7 Å². The highest BCUT2D eigenvalue weighted by Crippen LogP contribution is 2.32. The van der Waals surface area contributed by atoms with Crippen LogP contribution in [0.4, 0.5) is 10.1 Å². The molecule has 1 amide bonds. The molecule has 0 bridgehead atoms. The van der Waals surface area contributed by atoms with Crippen molar-refractivity contribution in [2.75, 3.05) is 31.1 Å². The number of hydrogen-bond acceptors (Lipinski definition) is 2. The number of carbonyl (C=O) groups is 1. The van der Waals surface area contributed by atoms with Crippen LogP contribution in [0.2, 0.25) is 10.0 Å². The van der Waals surface area contributed by atoms with Gasteiger partial charge in [0.05, 0.1) is 15.7 Å². The topological polar surface area (TPSA) is 23.6 Å². The van der Waals surface area contributed by atoms with Gasteiger partial charge in [-0.1, -0.05) is 35.3 Å². The van der Waals surface area contributed by atoms with Crippen molar-refractivity contribution in [2.45, 2.75) is 0 Å². The van der Waals surface area contributed by atoms with Gasteiger partial charge in [0.25, 0.3) is 5.91 Å². The first-order valence-electron chi connectivity index (χ1n) is 7.30. The van der Waals surface area contributed by atoms with Crippen LogP contribution in [0.1, 0.15) is 10.4 Å². The minimum atomic E-state index is -0.403. The summed E-state index contributed by atoms with van der Waals surface area (Å²) < 4.78 is 13.3. The number of anilines is 1. The van der Waals surface area contributed by atoms with E-state index in [0.717, 1.165) is 5.69 Å². The van der Waals surface area contributed by atoms with Crippen molar-refractivity contribution in [1.82, 2.24) is 4.90 Å². The summed E-state index contributed by atoms with van der Waals surface area (Å²) in [5, 5.41) is 1.04. The third kappa shape index (κ3) is 3.43. The fourth-order valence-electron chi connectivity index (χ4n) is 2.69. The number of carbonyl (C=O) groups excluding carboxylic acids is 1. The Morgan fingerprint density at radius 2 is 1.70 bits per heavy atom. The first-order valence-corrected chi connectivity index (χ1v) is 8.05. The summed E-state index contributed by atoms with van der Waals surface area (Å²) in [6.45, 7) is 2.42. The zero-order valence-electron chi connectivity index (χ0n) is 12.3. The molecular weight excluding hydrogens is 338 g/mol. The van der Waals surface area contributed by atoms with Crippen LogP contribution >= 0.6 is 23.2 Å². The SMILES string of the molecule is O=C(c1cccc(F)c1)N1CCN(c2cccc(Cl)c2Cl)CC1. The number of benzene rings is 2. The standard InChI is InChI=1S/C17H15Cl2FN2O/c18-14-5-2-6-15(16(14)19)21-7-9-22(10-8-21)17(23)12-3-1-4-13(20)11-12/h1-6,11H,7-10H2. The number of amides is 1. The van der Waals surface area contributed by atoms with E-state index in [1.807, 2.05) is 12.1 Å². The number of hydrogen-bond donors (Lipinski definition) is 0. The summed E-state index contributed by atoms with van der Waals surface area (Å²) in [6, 6.07) is 11.3. The summed E-state index contributed by atoms with van der Waals surface area (Å²) in [6.07, 6.45) is 0. The first kappa shape index (κ1) is 16.1. The minimum absolute atomic E-state index is 0.152. The Hall–Kier alpha value is -1.78. The molecule has 0 atom stereocenters. The van der Waals surface area contributed by atoms with Gasteiger partial charge in [-0.2, -0.15) is 0 Å². The van der Waals surface area contributed by atoms with E-state index in [2.05, 4.69) is 4.90 Å². The smallest absolute Gasteiger partial charge is 0.254 e. The second-order valence-electron chi connectivity index (χ2n) is 5.36. The molecule has 0 aromatic heterocycles. The number of rotatable bonds is 2. The predicted octanol–water partition coefficient (Wildman–Crippen LogP) is 4.09. The Kier molecular flexibility index (Phi) is 4.74. The highest BCUT2D eigenvalue weighted by atomic mass is 35.5. The quantitative estimate of drug-likeness (QED) is 0.812. The van der Waals surface area contributed by atoms with E-state index in [1.165, 1.54) is 12.1 Å². The number of halogens is 3. The lowest BCUT2D eigenvalue weighted by molar-refractivity contribution is 0.0746. The van der Waals surface area contributed by atoms with E-state index in [0.29, 0.717) is 41.8 Å². The first-order chi connectivity index (χ1) is 11.1. The van der Waals surface area contributed by atoms with E-state index < -0.39 is 5.82 Å². The van der Waals surface area contributed by atoms with Gasteiger partial charge >= 0.3 is 0 Å². The molecule has 6 heteroatoms. The van der Waals surface area contributed by atoms with Crippen molar-refractivity contribution in [3.05, 3.63) is 63.9 Å². The van der Waals surface area contributed by atoms with Crippen LogP contribution in [0.5, 0.6) is 0 Å². The van der Waals surface area contributed by atoms with E-state index in [4.69, 9.17) is 23.2 Å². The molecule has 0 unspecified atom stereocenters. The third-order valence-corrected chi connectivity index (χ3v) is 4.72. The molecule has 1 fully saturated rings. The normalized spacial score (nSPS) is 14.9. The molecule has 1 saturated heterocycles.